The molecule has 2 rings (SSSR count). The molecule has 1 aromatic rings. The molecule has 0 spiro atoms. The molecule has 0 N–H and O–H groups in total. The summed E-state index contributed by atoms with van der Waals surface area (Å²) in [4.78, 5) is 0. The minimum Gasteiger partial charge on any atom is -0.0922 e. The van der Waals surface area contributed by atoms with Crippen molar-refractivity contribution in [1.82, 2.24) is 0 Å². The van der Waals surface area contributed by atoms with Crippen LogP contribution in [-0.2, 0) is 6.42 Å². The minimum absolute atomic E-state index is 0.424. The van der Waals surface area contributed by atoms with Crippen LogP contribution >= 0.6 is 27.5 Å². The summed E-state index contributed by atoms with van der Waals surface area (Å²) in [5, 5.41) is 1.92. The van der Waals surface area contributed by atoms with E-state index < -0.39 is 0 Å². The van der Waals surface area contributed by atoms with Crippen LogP contribution in [0.15, 0.2) is 24.3 Å². The van der Waals surface area contributed by atoms with Crippen molar-refractivity contribution in [3.05, 3.63) is 34.9 Å². The zero-order valence-corrected chi connectivity index (χ0v) is 11.3. The first-order valence-electron chi connectivity index (χ1n) is 5.44. The Kier molecular flexibility index (Phi) is 3.42. The summed E-state index contributed by atoms with van der Waals surface area (Å²) in [6, 6.07) is 8.26. The molecule has 1 aliphatic carbocycles. The molecule has 0 aromatic heterocycles. The lowest BCUT2D eigenvalue weighted by Gasteiger charge is -2.27. The van der Waals surface area contributed by atoms with Gasteiger partial charge in [0.1, 0.15) is 0 Å². The number of hydrogen-bond acceptors (Lipinski definition) is 0. The average Bonchev–Trinajstić information content (AvgIpc) is 3.05. The second-order valence-electron chi connectivity index (χ2n) is 4.87. The molecule has 0 heterocycles. The Bertz CT molecular complexity index is 329. The molecule has 1 fully saturated rings. The van der Waals surface area contributed by atoms with E-state index in [9.17, 15) is 0 Å². The van der Waals surface area contributed by atoms with Crippen LogP contribution in [-0.4, -0.2) is 5.33 Å². The molecule has 82 valence electrons. The van der Waals surface area contributed by atoms with Crippen molar-refractivity contribution in [1.29, 1.82) is 0 Å². The summed E-state index contributed by atoms with van der Waals surface area (Å²) in [6.07, 6.45) is 3.95. The Morgan fingerprint density at radius 2 is 1.93 bits per heavy atom. The highest BCUT2D eigenvalue weighted by Crippen LogP contribution is 2.48. The number of alkyl halides is 1. The van der Waals surface area contributed by atoms with Gasteiger partial charge in [0, 0.05) is 10.4 Å². The molecule has 1 aromatic carbocycles. The fourth-order valence-corrected chi connectivity index (χ4v) is 2.93. The maximum absolute atomic E-state index is 5.88. The molecule has 0 amide bonds. The van der Waals surface area contributed by atoms with Gasteiger partial charge in [-0.1, -0.05) is 46.6 Å². The maximum Gasteiger partial charge on any atom is 0.0406 e. The van der Waals surface area contributed by atoms with Crippen LogP contribution < -0.4 is 0 Å². The van der Waals surface area contributed by atoms with Crippen molar-refractivity contribution >= 4 is 27.5 Å². The normalized spacial score (nSPS) is 19.9. The molecule has 0 aliphatic heterocycles. The molecule has 0 bridgehead atoms. The highest BCUT2D eigenvalue weighted by Gasteiger charge is 2.40. The zero-order chi connectivity index (χ0) is 10.9. The lowest BCUT2D eigenvalue weighted by atomic mass is 9.81. The summed E-state index contributed by atoms with van der Waals surface area (Å²) in [6.45, 7) is 2.38. The minimum atomic E-state index is 0.424. The molecule has 0 nitrogen and oxygen atoms in total. The highest BCUT2D eigenvalue weighted by molar-refractivity contribution is 9.09. The van der Waals surface area contributed by atoms with E-state index >= 15 is 0 Å². The maximum atomic E-state index is 5.88. The van der Waals surface area contributed by atoms with Gasteiger partial charge in [0.05, 0.1) is 0 Å². The quantitative estimate of drug-likeness (QED) is 0.705. The first-order valence-corrected chi connectivity index (χ1v) is 6.94. The fourth-order valence-electron chi connectivity index (χ4n) is 2.15. The molecule has 1 atom stereocenters. The summed E-state index contributed by atoms with van der Waals surface area (Å²) < 4.78 is 0. The predicted octanol–water partition coefficient (Wildman–Crippen LogP) is 4.69. The lowest BCUT2D eigenvalue weighted by Crippen LogP contribution is -2.24. The van der Waals surface area contributed by atoms with E-state index in [1.54, 1.807) is 0 Å². The summed E-state index contributed by atoms with van der Waals surface area (Å²) in [5.41, 5.74) is 1.82. The van der Waals surface area contributed by atoms with Gasteiger partial charge in [-0.3, -0.25) is 0 Å². The van der Waals surface area contributed by atoms with Crippen LogP contribution in [0.25, 0.3) is 0 Å². The largest absolute Gasteiger partial charge is 0.0922 e. The molecule has 0 radical (unpaired) electrons. The van der Waals surface area contributed by atoms with Crippen molar-refractivity contribution in [2.75, 3.05) is 5.33 Å². The van der Waals surface area contributed by atoms with Gasteiger partial charge in [0.25, 0.3) is 0 Å². The molecule has 0 saturated heterocycles. The van der Waals surface area contributed by atoms with E-state index in [0.29, 0.717) is 5.41 Å². The summed E-state index contributed by atoms with van der Waals surface area (Å²) in [7, 11) is 0. The average molecular weight is 288 g/mol. The van der Waals surface area contributed by atoms with Gasteiger partial charge in [-0.25, -0.2) is 0 Å². The third-order valence-electron chi connectivity index (χ3n) is 3.39. The van der Waals surface area contributed by atoms with Gasteiger partial charge in [-0.2, -0.15) is 0 Å². The third kappa shape index (κ3) is 2.76. The van der Waals surface area contributed by atoms with Crippen LogP contribution in [0.2, 0.25) is 5.02 Å². The lowest BCUT2D eigenvalue weighted by molar-refractivity contribution is 0.319. The number of halogens is 2. The van der Waals surface area contributed by atoms with Gasteiger partial charge in [-0.15, -0.1) is 0 Å². The number of benzene rings is 1. The van der Waals surface area contributed by atoms with Crippen molar-refractivity contribution in [2.45, 2.75) is 26.2 Å². The third-order valence-corrected chi connectivity index (χ3v) is 4.92. The van der Waals surface area contributed by atoms with E-state index in [0.717, 1.165) is 22.7 Å². The molecule has 1 aliphatic rings. The number of hydrogen-bond donors (Lipinski definition) is 0. The molecule has 1 unspecified atom stereocenters. The first kappa shape index (κ1) is 11.5. The Balaban J connectivity index is 2.09. The van der Waals surface area contributed by atoms with Crippen molar-refractivity contribution in [2.24, 2.45) is 11.3 Å². The molecular weight excluding hydrogens is 272 g/mol. The molecule has 15 heavy (non-hydrogen) atoms. The molecule has 2 heteroatoms. The molecular formula is C13H16BrCl. The van der Waals surface area contributed by atoms with Gasteiger partial charge < -0.3 is 0 Å². The SMILES string of the molecule is CC(CBr)(Cc1ccc(Cl)cc1)C1CC1. The van der Waals surface area contributed by atoms with Crippen molar-refractivity contribution < 1.29 is 0 Å². The van der Waals surface area contributed by atoms with Gasteiger partial charge in [-0.05, 0) is 48.3 Å². The Hall–Kier alpha value is -0.0100. The van der Waals surface area contributed by atoms with Crippen LogP contribution in [0.1, 0.15) is 25.3 Å². The van der Waals surface area contributed by atoms with E-state index in [2.05, 4.69) is 35.0 Å². The van der Waals surface area contributed by atoms with Crippen LogP contribution in [0, 0.1) is 11.3 Å². The Labute approximate surface area is 105 Å². The van der Waals surface area contributed by atoms with E-state index in [-0.39, 0.29) is 0 Å². The van der Waals surface area contributed by atoms with Crippen LogP contribution in [0.4, 0.5) is 0 Å². The second-order valence-corrected chi connectivity index (χ2v) is 5.86. The van der Waals surface area contributed by atoms with E-state index in [1.807, 2.05) is 12.1 Å². The second kappa shape index (κ2) is 4.47. The predicted molar refractivity (Wildman–Crippen MR) is 69.8 cm³/mol. The van der Waals surface area contributed by atoms with E-state index in [1.165, 1.54) is 18.4 Å². The molecule has 1 saturated carbocycles. The first-order chi connectivity index (χ1) is 7.14. The van der Waals surface area contributed by atoms with Gasteiger partial charge in [0.15, 0.2) is 0 Å². The van der Waals surface area contributed by atoms with Crippen molar-refractivity contribution in [3.63, 3.8) is 0 Å². The topological polar surface area (TPSA) is 0 Å². The zero-order valence-electron chi connectivity index (χ0n) is 8.97. The highest BCUT2D eigenvalue weighted by atomic mass is 79.9. The standard InChI is InChI=1S/C13H16BrCl/c1-13(9-14,11-4-5-11)8-10-2-6-12(15)7-3-10/h2-3,6-7,11H,4-5,8-9H2,1H3. The van der Waals surface area contributed by atoms with Crippen LogP contribution in [0.5, 0.6) is 0 Å². The number of rotatable bonds is 4. The Morgan fingerprint density at radius 3 is 2.40 bits per heavy atom. The summed E-state index contributed by atoms with van der Waals surface area (Å²) in [5.74, 6) is 0.910. The fraction of sp³-hybridized carbons (Fsp3) is 0.538. The van der Waals surface area contributed by atoms with Crippen molar-refractivity contribution in [3.8, 4) is 0 Å². The van der Waals surface area contributed by atoms with Crippen LogP contribution in [0.3, 0.4) is 0 Å². The summed E-state index contributed by atoms with van der Waals surface area (Å²) >= 11 is 9.54. The van der Waals surface area contributed by atoms with Gasteiger partial charge in [0.2, 0.25) is 0 Å². The Morgan fingerprint density at radius 1 is 1.33 bits per heavy atom. The van der Waals surface area contributed by atoms with Gasteiger partial charge >= 0.3 is 0 Å². The van der Waals surface area contributed by atoms with E-state index in [4.69, 9.17) is 11.6 Å². The smallest absolute Gasteiger partial charge is 0.0406 e. The monoisotopic (exact) mass is 286 g/mol.